The zero-order valence-corrected chi connectivity index (χ0v) is 10.7. The van der Waals surface area contributed by atoms with Crippen LogP contribution in [0.2, 0.25) is 25.2 Å². The molecule has 2 N–H and O–H groups in total. The van der Waals surface area contributed by atoms with Crippen LogP contribution in [0.4, 0.5) is 0 Å². The van der Waals surface area contributed by atoms with E-state index >= 15 is 0 Å². The van der Waals surface area contributed by atoms with Crippen molar-refractivity contribution in [3.63, 3.8) is 0 Å². The summed E-state index contributed by atoms with van der Waals surface area (Å²) in [6, 6.07) is 2.93. The summed E-state index contributed by atoms with van der Waals surface area (Å²) in [7, 11) is -0.854. The molecule has 0 amide bonds. The van der Waals surface area contributed by atoms with Gasteiger partial charge in [-0.2, -0.15) is 0 Å². The van der Waals surface area contributed by atoms with Gasteiger partial charge in [-0.3, -0.25) is 0 Å². The molecule has 0 aliphatic rings. The first-order valence-corrected chi connectivity index (χ1v) is 9.24. The van der Waals surface area contributed by atoms with E-state index in [-0.39, 0.29) is 0 Å². The van der Waals surface area contributed by atoms with Crippen molar-refractivity contribution >= 4 is 8.07 Å². The summed E-state index contributed by atoms with van der Waals surface area (Å²) in [5, 5.41) is 0. The van der Waals surface area contributed by atoms with Gasteiger partial charge in [0, 0.05) is 8.07 Å². The quantitative estimate of drug-likeness (QED) is 0.471. The van der Waals surface area contributed by atoms with Gasteiger partial charge in [0.1, 0.15) is 0 Å². The molecule has 0 unspecified atom stereocenters. The number of hydrogen-bond acceptors (Lipinski definition) is 1. The lowest BCUT2D eigenvalue weighted by molar-refractivity contribution is 0.694. The van der Waals surface area contributed by atoms with Crippen LogP contribution in [0.3, 0.4) is 0 Å². The highest BCUT2D eigenvalue weighted by molar-refractivity contribution is 6.77. The molecule has 0 atom stereocenters. The van der Waals surface area contributed by atoms with Gasteiger partial charge in [-0.15, -0.1) is 0 Å². The van der Waals surface area contributed by atoms with Gasteiger partial charge in [0.25, 0.3) is 0 Å². The maximum atomic E-state index is 5.53. The first kappa shape index (κ1) is 13.2. The number of hydrogen-bond donors (Lipinski definition) is 1. The first-order valence-electron chi connectivity index (χ1n) is 5.82. The Hall–Kier alpha value is 0.177. The van der Waals surface area contributed by atoms with Crippen LogP contribution >= 0.6 is 0 Å². The minimum absolute atomic E-state index is 0.854. The largest absolute Gasteiger partial charge is 0.330 e. The maximum absolute atomic E-state index is 5.53. The molecule has 0 aliphatic heterocycles. The first-order chi connectivity index (χ1) is 6.12. The Morgan fingerprint density at radius 1 is 0.923 bits per heavy atom. The van der Waals surface area contributed by atoms with E-state index in [1.807, 2.05) is 0 Å². The zero-order valence-electron chi connectivity index (χ0n) is 9.73. The van der Waals surface area contributed by atoms with E-state index in [1.54, 1.807) is 0 Å². The van der Waals surface area contributed by atoms with Crippen molar-refractivity contribution < 1.29 is 0 Å². The van der Waals surface area contributed by atoms with E-state index in [1.165, 1.54) is 44.2 Å². The van der Waals surface area contributed by atoms with Crippen LogP contribution < -0.4 is 5.73 Å². The third kappa shape index (κ3) is 8.51. The number of nitrogens with two attached hydrogens (primary N) is 1. The van der Waals surface area contributed by atoms with Gasteiger partial charge in [0.2, 0.25) is 0 Å². The van der Waals surface area contributed by atoms with Gasteiger partial charge >= 0.3 is 0 Å². The Balaban J connectivity index is 3.39. The Kier molecular flexibility index (Phi) is 7.67. The molecule has 0 bridgehead atoms. The summed E-state index contributed by atoms with van der Waals surface area (Å²) >= 11 is 0. The summed E-state index contributed by atoms with van der Waals surface area (Å²) in [5.41, 5.74) is 5.53. The molecule has 0 aliphatic carbocycles. The van der Waals surface area contributed by atoms with E-state index in [0.29, 0.717) is 0 Å². The number of unbranched alkanes of at least 4 members (excludes halogenated alkanes) is 3. The SMILES string of the molecule is CCCCCC[Si](C)(C)CCCN. The highest BCUT2D eigenvalue weighted by atomic mass is 28.3. The van der Waals surface area contributed by atoms with Crippen molar-refractivity contribution in [2.45, 2.75) is 64.2 Å². The monoisotopic (exact) mass is 201 g/mol. The molecule has 2 heteroatoms. The van der Waals surface area contributed by atoms with Crippen molar-refractivity contribution in [1.82, 2.24) is 0 Å². The second kappa shape index (κ2) is 7.57. The van der Waals surface area contributed by atoms with Crippen LogP contribution in [0.1, 0.15) is 39.0 Å². The Morgan fingerprint density at radius 2 is 1.54 bits per heavy atom. The Morgan fingerprint density at radius 3 is 2.08 bits per heavy atom. The fourth-order valence-electron chi connectivity index (χ4n) is 1.74. The molecule has 0 radical (unpaired) electrons. The van der Waals surface area contributed by atoms with E-state index in [0.717, 1.165) is 6.54 Å². The summed E-state index contributed by atoms with van der Waals surface area (Å²) in [5.74, 6) is 0. The van der Waals surface area contributed by atoms with Crippen molar-refractivity contribution in [2.75, 3.05) is 6.54 Å². The molecule has 0 aromatic carbocycles. The Bertz CT molecular complexity index is 113. The maximum Gasteiger partial charge on any atom is 0.0474 e. The molecule has 80 valence electrons. The molecular weight excluding hydrogens is 174 g/mol. The molecule has 13 heavy (non-hydrogen) atoms. The van der Waals surface area contributed by atoms with E-state index in [2.05, 4.69) is 20.0 Å². The summed E-state index contributed by atoms with van der Waals surface area (Å²) < 4.78 is 0. The molecule has 0 rings (SSSR count). The zero-order chi connectivity index (χ0) is 10.2. The molecule has 0 spiro atoms. The van der Waals surface area contributed by atoms with Gasteiger partial charge < -0.3 is 5.73 Å². The predicted octanol–water partition coefficient (Wildman–Crippen LogP) is 3.62. The molecule has 0 fully saturated rings. The molecular formula is C11H27NSi. The highest BCUT2D eigenvalue weighted by Crippen LogP contribution is 2.20. The molecule has 0 aromatic heterocycles. The molecule has 0 aromatic rings. The smallest absolute Gasteiger partial charge is 0.0474 e. The lowest BCUT2D eigenvalue weighted by atomic mass is 10.2. The highest BCUT2D eigenvalue weighted by Gasteiger charge is 2.18. The average Bonchev–Trinajstić information content (AvgIpc) is 2.09. The fourth-order valence-corrected chi connectivity index (χ4v) is 4.35. The molecule has 0 saturated carbocycles. The van der Waals surface area contributed by atoms with Crippen LogP contribution in [-0.2, 0) is 0 Å². The minimum Gasteiger partial charge on any atom is -0.330 e. The second-order valence-electron chi connectivity index (χ2n) is 4.87. The van der Waals surface area contributed by atoms with Gasteiger partial charge in [0.05, 0.1) is 0 Å². The normalized spacial score (nSPS) is 12.0. The molecule has 0 heterocycles. The van der Waals surface area contributed by atoms with Gasteiger partial charge in [-0.1, -0.05) is 57.8 Å². The lowest BCUT2D eigenvalue weighted by Gasteiger charge is -2.21. The van der Waals surface area contributed by atoms with Crippen molar-refractivity contribution in [1.29, 1.82) is 0 Å². The van der Waals surface area contributed by atoms with Crippen molar-refractivity contribution in [3.05, 3.63) is 0 Å². The standard InChI is InChI=1S/C11H27NSi/c1-4-5-6-7-10-13(2,3)11-8-9-12/h4-12H2,1-3H3. The predicted molar refractivity (Wildman–Crippen MR) is 64.9 cm³/mol. The number of rotatable bonds is 8. The van der Waals surface area contributed by atoms with Crippen molar-refractivity contribution in [3.8, 4) is 0 Å². The third-order valence-electron chi connectivity index (χ3n) is 2.76. The fraction of sp³-hybridized carbons (Fsp3) is 1.00. The van der Waals surface area contributed by atoms with Gasteiger partial charge in [-0.05, 0) is 13.0 Å². The average molecular weight is 201 g/mol. The Labute approximate surface area is 85.1 Å². The second-order valence-corrected chi connectivity index (χ2v) is 10.2. The van der Waals surface area contributed by atoms with Crippen LogP contribution in [-0.4, -0.2) is 14.6 Å². The third-order valence-corrected chi connectivity index (χ3v) is 6.18. The minimum atomic E-state index is -0.854. The van der Waals surface area contributed by atoms with Crippen LogP contribution in [0.25, 0.3) is 0 Å². The van der Waals surface area contributed by atoms with E-state index < -0.39 is 8.07 Å². The van der Waals surface area contributed by atoms with Gasteiger partial charge in [-0.25, -0.2) is 0 Å². The molecule has 0 saturated heterocycles. The molecule has 1 nitrogen and oxygen atoms in total. The van der Waals surface area contributed by atoms with Crippen molar-refractivity contribution in [2.24, 2.45) is 5.73 Å². The summed E-state index contributed by atoms with van der Waals surface area (Å²) in [4.78, 5) is 0. The van der Waals surface area contributed by atoms with E-state index in [4.69, 9.17) is 5.73 Å². The summed E-state index contributed by atoms with van der Waals surface area (Å²) in [6.07, 6.45) is 6.91. The topological polar surface area (TPSA) is 26.0 Å². The van der Waals surface area contributed by atoms with E-state index in [9.17, 15) is 0 Å². The summed E-state index contributed by atoms with van der Waals surface area (Å²) in [6.45, 7) is 8.17. The van der Waals surface area contributed by atoms with Crippen LogP contribution in [0.5, 0.6) is 0 Å². The van der Waals surface area contributed by atoms with Crippen LogP contribution in [0, 0.1) is 0 Å². The van der Waals surface area contributed by atoms with Gasteiger partial charge in [0.15, 0.2) is 0 Å². The lowest BCUT2D eigenvalue weighted by Crippen LogP contribution is -2.25. The van der Waals surface area contributed by atoms with Crippen LogP contribution in [0.15, 0.2) is 0 Å².